The lowest BCUT2D eigenvalue weighted by atomic mass is 10.1. The van der Waals surface area contributed by atoms with Gasteiger partial charge in [0, 0.05) is 6.07 Å². The van der Waals surface area contributed by atoms with Gasteiger partial charge in [0.05, 0.1) is 6.04 Å². The van der Waals surface area contributed by atoms with Gasteiger partial charge in [-0.15, -0.1) is 0 Å². The number of nitrogens with zero attached hydrogens (tertiary/aromatic N) is 1. The van der Waals surface area contributed by atoms with E-state index in [0.29, 0.717) is 17.1 Å². The first-order valence-electron chi connectivity index (χ1n) is 5.81. The minimum atomic E-state index is -0.426. The third-order valence-electron chi connectivity index (χ3n) is 2.57. The number of nitrogens with one attached hydrogen (secondary N) is 2. The van der Waals surface area contributed by atoms with Crippen molar-refractivity contribution in [3.8, 4) is 0 Å². The van der Waals surface area contributed by atoms with Crippen molar-refractivity contribution in [2.75, 3.05) is 5.32 Å². The molecule has 1 heterocycles. The summed E-state index contributed by atoms with van der Waals surface area (Å²) in [6.45, 7) is 3.49. The second-order valence-corrected chi connectivity index (χ2v) is 4.20. The first-order valence-corrected chi connectivity index (χ1v) is 5.81. The van der Waals surface area contributed by atoms with E-state index >= 15 is 0 Å². The molecule has 2 rings (SSSR count). The highest BCUT2D eigenvalue weighted by Crippen LogP contribution is 2.14. The molecule has 0 spiro atoms. The maximum absolute atomic E-state index is 13.1. The molecule has 2 aromatic rings. The Kier molecular flexibility index (Phi) is 3.79. The van der Waals surface area contributed by atoms with Gasteiger partial charge in [-0.1, -0.05) is 17.3 Å². The Hall–Kier alpha value is -2.37. The highest BCUT2D eigenvalue weighted by atomic mass is 19.1. The van der Waals surface area contributed by atoms with Crippen molar-refractivity contribution >= 4 is 11.8 Å². The monoisotopic (exact) mass is 263 g/mol. The molecule has 19 heavy (non-hydrogen) atoms. The Morgan fingerprint density at radius 2 is 2.21 bits per heavy atom. The zero-order valence-electron chi connectivity index (χ0n) is 10.6. The summed E-state index contributed by atoms with van der Waals surface area (Å²) in [4.78, 5) is 11.7. The van der Waals surface area contributed by atoms with Crippen LogP contribution in [-0.4, -0.2) is 11.2 Å². The van der Waals surface area contributed by atoms with E-state index in [1.54, 1.807) is 32.0 Å². The maximum atomic E-state index is 13.1. The number of halogens is 1. The van der Waals surface area contributed by atoms with Crippen LogP contribution in [0.15, 0.2) is 34.9 Å². The van der Waals surface area contributed by atoms with Crippen LogP contribution in [-0.2, 0) is 0 Å². The van der Waals surface area contributed by atoms with Crippen LogP contribution in [0.5, 0.6) is 0 Å². The van der Waals surface area contributed by atoms with Crippen molar-refractivity contribution in [3.63, 3.8) is 0 Å². The predicted octanol–water partition coefficient (Wildman–Crippen LogP) is 3.00. The number of aromatic nitrogens is 1. The molecule has 1 atom stereocenters. The fourth-order valence-corrected chi connectivity index (χ4v) is 1.63. The number of carbonyl (C=O) groups is 1. The summed E-state index contributed by atoms with van der Waals surface area (Å²) in [5, 5.41) is 8.86. The van der Waals surface area contributed by atoms with E-state index in [4.69, 9.17) is 4.52 Å². The molecule has 0 fully saturated rings. The molecule has 6 heteroatoms. The molecule has 0 saturated heterocycles. The molecule has 0 aliphatic heterocycles. The molecule has 2 amide bonds. The van der Waals surface area contributed by atoms with Crippen molar-refractivity contribution < 1.29 is 13.7 Å². The quantitative estimate of drug-likeness (QED) is 0.894. The van der Waals surface area contributed by atoms with E-state index in [9.17, 15) is 9.18 Å². The molecular formula is C13H14FN3O2. The Bertz CT molecular complexity index is 583. The maximum Gasteiger partial charge on any atom is 0.320 e. The van der Waals surface area contributed by atoms with Gasteiger partial charge >= 0.3 is 6.03 Å². The van der Waals surface area contributed by atoms with Crippen molar-refractivity contribution in [2.24, 2.45) is 0 Å². The number of rotatable bonds is 3. The number of carbonyl (C=O) groups excluding carboxylic acids is 1. The summed E-state index contributed by atoms with van der Waals surface area (Å²) in [5.41, 5.74) is 0.687. The molecular weight excluding hydrogens is 249 g/mol. The zero-order valence-corrected chi connectivity index (χ0v) is 10.6. The first-order chi connectivity index (χ1) is 9.04. The normalized spacial score (nSPS) is 11.9. The van der Waals surface area contributed by atoms with Crippen LogP contribution in [0, 0.1) is 12.7 Å². The number of anilines is 1. The summed E-state index contributed by atoms with van der Waals surface area (Å²) in [6.07, 6.45) is 0. The minimum absolute atomic E-state index is 0.316. The molecule has 5 nitrogen and oxygen atoms in total. The molecule has 1 aromatic carbocycles. The fraction of sp³-hybridized carbons (Fsp3) is 0.231. The van der Waals surface area contributed by atoms with E-state index < -0.39 is 6.03 Å². The molecule has 1 unspecified atom stereocenters. The third kappa shape index (κ3) is 3.54. The van der Waals surface area contributed by atoms with Crippen molar-refractivity contribution in [3.05, 3.63) is 47.5 Å². The van der Waals surface area contributed by atoms with Crippen molar-refractivity contribution in [1.82, 2.24) is 10.5 Å². The van der Waals surface area contributed by atoms with Crippen LogP contribution >= 0.6 is 0 Å². The van der Waals surface area contributed by atoms with E-state index in [2.05, 4.69) is 15.8 Å². The van der Waals surface area contributed by atoms with Crippen molar-refractivity contribution in [1.29, 1.82) is 0 Å². The van der Waals surface area contributed by atoms with Gasteiger partial charge in [0.25, 0.3) is 0 Å². The van der Waals surface area contributed by atoms with Gasteiger partial charge in [-0.05, 0) is 31.5 Å². The number of aryl methyl sites for hydroxylation is 1. The first kappa shape index (κ1) is 13.1. The Morgan fingerprint density at radius 1 is 1.42 bits per heavy atom. The SMILES string of the molecule is Cc1cc(NC(=O)NC(C)c2cccc(F)c2)no1. The van der Waals surface area contributed by atoms with Gasteiger partial charge in [0.2, 0.25) is 0 Å². The molecule has 0 saturated carbocycles. The minimum Gasteiger partial charge on any atom is -0.360 e. The number of hydrogen-bond acceptors (Lipinski definition) is 3. The molecule has 100 valence electrons. The van der Waals surface area contributed by atoms with Crippen LogP contribution < -0.4 is 10.6 Å². The largest absolute Gasteiger partial charge is 0.360 e. The molecule has 0 bridgehead atoms. The molecule has 0 aliphatic carbocycles. The molecule has 0 aliphatic rings. The molecule has 0 radical (unpaired) electrons. The summed E-state index contributed by atoms with van der Waals surface area (Å²) in [7, 11) is 0. The van der Waals surface area contributed by atoms with Crippen LogP contribution in [0.25, 0.3) is 0 Å². The van der Waals surface area contributed by atoms with E-state index in [1.165, 1.54) is 12.1 Å². The van der Waals surface area contributed by atoms with Crippen molar-refractivity contribution in [2.45, 2.75) is 19.9 Å². The summed E-state index contributed by atoms with van der Waals surface area (Å²) in [5.74, 6) is 0.605. The Balaban J connectivity index is 1.95. The third-order valence-corrected chi connectivity index (χ3v) is 2.57. The van der Waals surface area contributed by atoms with E-state index in [-0.39, 0.29) is 11.9 Å². The average Bonchev–Trinajstić information content (AvgIpc) is 2.74. The number of hydrogen-bond donors (Lipinski definition) is 2. The fourth-order valence-electron chi connectivity index (χ4n) is 1.63. The second-order valence-electron chi connectivity index (χ2n) is 4.20. The highest BCUT2D eigenvalue weighted by molar-refractivity contribution is 5.88. The lowest BCUT2D eigenvalue weighted by Crippen LogP contribution is -2.31. The lowest BCUT2D eigenvalue weighted by Gasteiger charge is -2.14. The number of benzene rings is 1. The predicted molar refractivity (Wildman–Crippen MR) is 68.2 cm³/mol. The van der Waals surface area contributed by atoms with Crippen LogP contribution in [0.2, 0.25) is 0 Å². The van der Waals surface area contributed by atoms with Crippen LogP contribution in [0.4, 0.5) is 15.0 Å². The van der Waals surface area contributed by atoms with Crippen LogP contribution in [0.3, 0.4) is 0 Å². The lowest BCUT2D eigenvalue weighted by molar-refractivity contribution is 0.249. The smallest absolute Gasteiger partial charge is 0.320 e. The Labute approximate surface area is 109 Å². The molecule has 1 aromatic heterocycles. The molecule has 2 N–H and O–H groups in total. The highest BCUT2D eigenvalue weighted by Gasteiger charge is 2.11. The van der Waals surface area contributed by atoms with Gasteiger partial charge in [-0.25, -0.2) is 9.18 Å². The van der Waals surface area contributed by atoms with Gasteiger partial charge in [0.15, 0.2) is 5.82 Å². The standard InChI is InChI=1S/C13H14FN3O2/c1-8-6-12(17-19-8)16-13(18)15-9(2)10-4-3-5-11(14)7-10/h3-7,9H,1-2H3,(H2,15,16,17,18). The van der Waals surface area contributed by atoms with E-state index in [0.717, 1.165) is 0 Å². The van der Waals surface area contributed by atoms with Gasteiger partial charge in [0.1, 0.15) is 11.6 Å². The van der Waals surface area contributed by atoms with Gasteiger partial charge < -0.3 is 9.84 Å². The van der Waals surface area contributed by atoms with Gasteiger partial charge in [-0.3, -0.25) is 5.32 Å². The number of urea groups is 1. The van der Waals surface area contributed by atoms with E-state index in [1.807, 2.05) is 0 Å². The summed E-state index contributed by atoms with van der Waals surface area (Å²) >= 11 is 0. The summed E-state index contributed by atoms with van der Waals surface area (Å²) in [6, 6.07) is 6.94. The second kappa shape index (κ2) is 5.51. The van der Waals surface area contributed by atoms with Crippen LogP contribution in [0.1, 0.15) is 24.3 Å². The topological polar surface area (TPSA) is 67.2 Å². The average molecular weight is 263 g/mol. The Morgan fingerprint density at radius 3 is 2.84 bits per heavy atom. The number of amides is 2. The van der Waals surface area contributed by atoms with Gasteiger partial charge in [-0.2, -0.15) is 0 Å². The zero-order chi connectivity index (χ0) is 13.8. The summed E-state index contributed by atoms with van der Waals surface area (Å²) < 4.78 is 17.9.